The van der Waals surface area contributed by atoms with E-state index < -0.39 is 11.5 Å². The largest absolute Gasteiger partial charge is 0.480 e. The van der Waals surface area contributed by atoms with Crippen molar-refractivity contribution in [3.63, 3.8) is 0 Å². The zero-order valence-electron chi connectivity index (χ0n) is 9.54. The van der Waals surface area contributed by atoms with Crippen LogP contribution in [-0.2, 0) is 4.79 Å². The highest BCUT2D eigenvalue weighted by molar-refractivity contribution is 5.79. The molecule has 1 fully saturated rings. The molecule has 15 heavy (non-hydrogen) atoms. The van der Waals surface area contributed by atoms with Gasteiger partial charge in [0.15, 0.2) is 0 Å². The fourth-order valence-electron chi connectivity index (χ4n) is 2.48. The van der Waals surface area contributed by atoms with Crippen LogP contribution in [0.3, 0.4) is 0 Å². The van der Waals surface area contributed by atoms with E-state index in [1.807, 2.05) is 13.0 Å². The quantitative estimate of drug-likeness (QED) is 0.541. The Kier molecular flexibility index (Phi) is 4.33. The maximum absolute atomic E-state index is 11.3. The third kappa shape index (κ3) is 2.40. The van der Waals surface area contributed by atoms with Crippen molar-refractivity contribution in [2.45, 2.75) is 44.6 Å². The molecular weight excluding hydrogens is 190 g/mol. The van der Waals surface area contributed by atoms with Crippen LogP contribution in [0.4, 0.5) is 0 Å². The topological polar surface area (TPSA) is 40.5 Å². The van der Waals surface area contributed by atoms with Gasteiger partial charge in [0.1, 0.15) is 5.54 Å². The van der Waals surface area contributed by atoms with Crippen LogP contribution in [0.15, 0.2) is 12.7 Å². The minimum atomic E-state index is -0.652. The summed E-state index contributed by atoms with van der Waals surface area (Å²) in [5.41, 5.74) is -0.582. The van der Waals surface area contributed by atoms with E-state index >= 15 is 0 Å². The smallest absolute Gasteiger partial charge is 0.324 e. The van der Waals surface area contributed by atoms with E-state index in [0.29, 0.717) is 6.42 Å². The molecule has 1 heterocycles. The van der Waals surface area contributed by atoms with Crippen molar-refractivity contribution in [2.75, 3.05) is 13.1 Å². The first-order valence-electron chi connectivity index (χ1n) is 5.76. The molecule has 0 aliphatic carbocycles. The minimum absolute atomic E-state index is 0.582. The second kappa shape index (κ2) is 5.31. The highest BCUT2D eigenvalue weighted by Crippen LogP contribution is 2.32. The van der Waals surface area contributed by atoms with Crippen LogP contribution in [0.5, 0.6) is 0 Å². The fraction of sp³-hybridized carbons (Fsp3) is 0.750. The van der Waals surface area contributed by atoms with Crippen molar-refractivity contribution in [2.24, 2.45) is 0 Å². The molecule has 1 rings (SSSR count). The summed E-state index contributed by atoms with van der Waals surface area (Å²) < 4.78 is 0. The number of hydrogen-bond acceptors (Lipinski definition) is 2. The lowest BCUT2D eigenvalue weighted by atomic mass is 9.93. The van der Waals surface area contributed by atoms with Gasteiger partial charge in [-0.25, -0.2) is 0 Å². The Hall–Kier alpha value is -0.830. The van der Waals surface area contributed by atoms with Gasteiger partial charge in [-0.05, 0) is 45.2 Å². The zero-order chi connectivity index (χ0) is 11.3. The lowest BCUT2D eigenvalue weighted by molar-refractivity contribution is -0.150. The number of carbonyl (C=O) groups is 1. The van der Waals surface area contributed by atoms with Gasteiger partial charge in [0.25, 0.3) is 0 Å². The van der Waals surface area contributed by atoms with Crippen molar-refractivity contribution in [3.05, 3.63) is 12.7 Å². The summed E-state index contributed by atoms with van der Waals surface area (Å²) in [6.45, 7) is 7.46. The number of allylic oxidation sites excluding steroid dienone is 1. The number of rotatable bonds is 6. The molecule has 0 bridgehead atoms. The average Bonchev–Trinajstić information content (AvgIpc) is 2.62. The first-order chi connectivity index (χ1) is 7.17. The van der Waals surface area contributed by atoms with Crippen LogP contribution in [-0.4, -0.2) is 34.6 Å². The standard InChI is InChI=1S/C12H21NO2/c1-3-5-6-9-13-10-7-8-12(13,4-2)11(14)15/h3H,1,4-10H2,2H3,(H,14,15). The predicted octanol–water partition coefficient (Wildman–Crippen LogP) is 2.28. The first-order valence-corrected chi connectivity index (χ1v) is 5.76. The summed E-state index contributed by atoms with van der Waals surface area (Å²) in [6.07, 6.45) is 6.39. The summed E-state index contributed by atoms with van der Waals surface area (Å²) in [5, 5.41) is 9.33. The van der Waals surface area contributed by atoms with E-state index in [1.54, 1.807) is 0 Å². The summed E-state index contributed by atoms with van der Waals surface area (Å²) >= 11 is 0. The number of carboxylic acids is 1. The Morgan fingerprint density at radius 3 is 2.93 bits per heavy atom. The van der Waals surface area contributed by atoms with Crippen molar-refractivity contribution in [3.8, 4) is 0 Å². The second-order valence-corrected chi connectivity index (χ2v) is 4.21. The van der Waals surface area contributed by atoms with E-state index in [-0.39, 0.29) is 0 Å². The lowest BCUT2D eigenvalue weighted by Crippen LogP contribution is -2.50. The molecule has 0 aromatic carbocycles. The summed E-state index contributed by atoms with van der Waals surface area (Å²) in [5.74, 6) is -0.652. The van der Waals surface area contributed by atoms with E-state index in [1.165, 1.54) is 0 Å². The Labute approximate surface area is 91.8 Å². The molecule has 0 amide bonds. The fourth-order valence-corrected chi connectivity index (χ4v) is 2.48. The van der Waals surface area contributed by atoms with E-state index in [2.05, 4.69) is 11.5 Å². The SMILES string of the molecule is C=CCCCN1CCCC1(CC)C(=O)O. The summed E-state index contributed by atoms with van der Waals surface area (Å²) in [4.78, 5) is 13.5. The van der Waals surface area contributed by atoms with Crippen LogP contribution < -0.4 is 0 Å². The third-order valence-corrected chi connectivity index (χ3v) is 3.44. The number of aliphatic carboxylic acids is 1. The molecule has 0 aromatic rings. The first kappa shape index (κ1) is 12.2. The zero-order valence-corrected chi connectivity index (χ0v) is 9.54. The number of hydrogen-bond donors (Lipinski definition) is 1. The molecule has 0 saturated carbocycles. The second-order valence-electron chi connectivity index (χ2n) is 4.21. The van der Waals surface area contributed by atoms with Crippen LogP contribution in [0.25, 0.3) is 0 Å². The number of carboxylic acid groups (broad SMARTS) is 1. The Morgan fingerprint density at radius 2 is 2.40 bits per heavy atom. The van der Waals surface area contributed by atoms with Crippen LogP contribution in [0.2, 0.25) is 0 Å². The lowest BCUT2D eigenvalue weighted by Gasteiger charge is -2.33. The van der Waals surface area contributed by atoms with E-state index in [4.69, 9.17) is 0 Å². The molecule has 1 N–H and O–H groups in total. The maximum atomic E-state index is 11.3. The van der Waals surface area contributed by atoms with Gasteiger partial charge >= 0.3 is 5.97 Å². The Bertz CT molecular complexity index is 240. The van der Waals surface area contributed by atoms with Gasteiger partial charge in [0, 0.05) is 0 Å². The van der Waals surface area contributed by atoms with Gasteiger partial charge in [-0.1, -0.05) is 13.0 Å². The van der Waals surface area contributed by atoms with Gasteiger partial charge in [0.2, 0.25) is 0 Å². The molecule has 1 aliphatic heterocycles. The molecular formula is C12H21NO2. The Morgan fingerprint density at radius 1 is 1.67 bits per heavy atom. The number of nitrogens with zero attached hydrogens (tertiary/aromatic N) is 1. The molecule has 1 unspecified atom stereocenters. The van der Waals surface area contributed by atoms with Crippen molar-refractivity contribution in [1.29, 1.82) is 0 Å². The molecule has 0 radical (unpaired) electrons. The molecule has 1 aliphatic rings. The van der Waals surface area contributed by atoms with Crippen LogP contribution in [0.1, 0.15) is 39.0 Å². The highest BCUT2D eigenvalue weighted by atomic mass is 16.4. The molecule has 1 saturated heterocycles. The third-order valence-electron chi connectivity index (χ3n) is 3.44. The molecule has 0 spiro atoms. The van der Waals surface area contributed by atoms with Crippen molar-refractivity contribution >= 4 is 5.97 Å². The monoisotopic (exact) mass is 211 g/mol. The van der Waals surface area contributed by atoms with Crippen LogP contribution >= 0.6 is 0 Å². The molecule has 3 nitrogen and oxygen atoms in total. The van der Waals surface area contributed by atoms with Gasteiger partial charge in [-0.3, -0.25) is 9.69 Å². The number of likely N-dealkylation sites (tertiary alicyclic amines) is 1. The average molecular weight is 211 g/mol. The molecule has 1 atom stereocenters. The molecule has 86 valence electrons. The van der Waals surface area contributed by atoms with E-state index in [9.17, 15) is 9.90 Å². The Balaban J connectivity index is 2.61. The van der Waals surface area contributed by atoms with Gasteiger partial charge in [-0.2, -0.15) is 0 Å². The summed E-state index contributed by atoms with van der Waals surface area (Å²) in [7, 11) is 0. The highest BCUT2D eigenvalue weighted by Gasteiger charge is 2.45. The van der Waals surface area contributed by atoms with Gasteiger partial charge in [0.05, 0.1) is 0 Å². The molecule has 3 heteroatoms. The predicted molar refractivity (Wildman–Crippen MR) is 60.9 cm³/mol. The van der Waals surface area contributed by atoms with Crippen molar-refractivity contribution in [1.82, 2.24) is 4.90 Å². The maximum Gasteiger partial charge on any atom is 0.324 e. The normalized spacial score (nSPS) is 26.7. The van der Waals surface area contributed by atoms with Gasteiger partial charge in [-0.15, -0.1) is 6.58 Å². The number of unbranched alkanes of at least 4 members (excludes halogenated alkanes) is 1. The van der Waals surface area contributed by atoms with Crippen LogP contribution in [0, 0.1) is 0 Å². The molecule has 0 aromatic heterocycles. The minimum Gasteiger partial charge on any atom is -0.480 e. The van der Waals surface area contributed by atoms with Crippen molar-refractivity contribution < 1.29 is 9.90 Å². The van der Waals surface area contributed by atoms with Gasteiger partial charge < -0.3 is 5.11 Å². The van der Waals surface area contributed by atoms with E-state index in [0.717, 1.165) is 38.8 Å². The summed E-state index contributed by atoms with van der Waals surface area (Å²) in [6, 6.07) is 0.